The molecule has 0 aliphatic carbocycles. The van der Waals surface area contributed by atoms with Crippen molar-refractivity contribution in [1.29, 1.82) is 5.26 Å². The molecule has 0 aromatic rings. The lowest BCUT2D eigenvalue weighted by Crippen LogP contribution is -2.30. The number of hydrogen-bond acceptors (Lipinski definition) is 3. The van der Waals surface area contributed by atoms with Gasteiger partial charge in [-0.05, 0) is 19.3 Å². The molecular formula is C10H17N3O2. The lowest BCUT2D eigenvalue weighted by atomic mass is 10.1. The van der Waals surface area contributed by atoms with E-state index in [9.17, 15) is 9.59 Å². The van der Waals surface area contributed by atoms with Gasteiger partial charge < -0.3 is 11.1 Å². The summed E-state index contributed by atoms with van der Waals surface area (Å²) in [6.45, 7) is 2.28. The van der Waals surface area contributed by atoms with Crippen molar-refractivity contribution in [2.24, 2.45) is 11.7 Å². The van der Waals surface area contributed by atoms with Crippen LogP contribution in [0.15, 0.2) is 0 Å². The van der Waals surface area contributed by atoms with Crippen molar-refractivity contribution in [1.82, 2.24) is 5.32 Å². The number of nitriles is 1. The fraction of sp³-hybridized carbons (Fsp3) is 0.700. The van der Waals surface area contributed by atoms with E-state index in [2.05, 4.69) is 5.32 Å². The molecule has 15 heavy (non-hydrogen) atoms. The zero-order chi connectivity index (χ0) is 11.7. The maximum atomic E-state index is 11.3. The van der Waals surface area contributed by atoms with Crippen molar-refractivity contribution in [2.75, 3.05) is 6.54 Å². The van der Waals surface area contributed by atoms with Crippen LogP contribution in [0.3, 0.4) is 0 Å². The first-order valence-electron chi connectivity index (χ1n) is 5.07. The fourth-order valence-electron chi connectivity index (χ4n) is 1.09. The number of carbonyl (C=O) groups excluding carboxylic acids is 2. The largest absolute Gasteiger partial charge is 0.370 e. The maximum absolute atomic E-state index is 11.3. The zero-order valence-corrected chi connectivity index (χ0v) is 8.95. The summed E-state index contributed by atoms with van der Waals surface area (Å²) in [6.07, 6.45) is 2.23. The number of unbranched alkanes of at least 4 members (excludes halogenated alkanes) is 1. The first-order valence-corrected chi connectivity index (χ1v) is 5.07. The Kier molecular flexibility index (Phi) is 6.98. The normalized spacial score (nSPS) is 11.5. The summed E-state index contributed by atoms with van der Waals surface area (Å²) in [6, 6.07) is 1.92. The third kappa shape index (κ3) is 6.49. The van der Waals surface area contributed by atoms with E-state index in [1.54, 1.807) is 6.92 Å². The van der Waals surface area contributed by atoms with E-state index >= 15 is 0 Å². The molecule has 0 spiro atoms. The van der Waals surface area contributed by atoms with E-state index in [1.165, 1.54) is 0 Å². The second kappa shape index (κ2) is 7.80. The molecule has 84 valence electrons. The van der Waals surface area contributed by atoms with Gasteiger partial charge in [0.15, 0.2) is 0 Å². The van der Waals surface area contributed by atoms with Gasteiger partial charge in [0.1, 0.15) is 5.92 Å². The molecule has 1 atom stereocenters. The minimum absolute atomic E-state index is 0.237. The molecule has 0 fully saturated rings. The van der Waals surface area contributed by atoms with Crippen LogP contribution in [0.1, 0.15) is 32.6 Å². The number of nitrogens with one attached hydrogen (secondary N) is 1. The molecule has 0 saturated carbocycles. The van der Waals surface area contributed by atoms with Crippen molar-refractivity contribution >= 4 is 11.8 Å². The van der Waals surface area contributed by atoms with Crippen LogP contribution in [0, 0.1) is 17.2 Å². The SMILES string of the molecule is CCC(C#N)C(=O)NCCCCC(N)=O. The Morgan fingerprint density at radius 2 is 2.13 bits per heavy atom. The highest BCUT2D eigenvalue weighted by Gasteiger charge is 2.13. The topological polar surface area (TPSA) is 96.0 Å². The standard InChI is InChI=1S/C10H17N3O2/c1-2-8(7-11)10(15)13-6-4-3-5-9(12)14/h8H,2-6H2,1H3,(H2,12,14)(H,13,15). The third-order valence-corrected chi connectivity index (χ3v) is 2.03. The fourth-order valence-corrected chi connectivity index (χ4v) is 1.09. The molecule has 0 aromatic heterocycles. The van der Waals surface area contributed by atoms with Crippen molar-refractivity contribution in [3.63, 3.8) is 0 Å². The van der Waals surface area contributed by atoms with Crippen molar-refractivity contribution in [3.8, 4) is 6.07 Å². The summed E-state index contributed by atoms with van der Waals surface area (Å²) in [5.74, 6) is -1.13. The lowest BCUT2D eigenvalue weighted by molar-refractivity contribution is -0.123. The summed E-state index contributed by atoms with van der Waals surface area (Å²) in [7, 11) is 0. The van der Waals surface area contributed by atoms with E-state index in [0.29, 0.717) is 32.2 Å². The molecule has 1 unspecified atom stereocenters. The van der Waals surface area contributed by atoms with Crippen LogP contribution in [-0.2, 0) is 9.59 Å². The van der Waals surface area contributed by atoms with Crippen LogP contribution in [0.25, 0.3) is 0 Å². The average Bonchev–Trinajstić information content (AvgIpc) is 2.18. The van der Waals surface area contributed by atoms with Gasteiger partial charge in [0, 0.05) is 13.0 Å². The number of carbonyl (C=O) groups is 2. The highest BCUT2D eigenvalue weighted by Crippen LogP contribution is 2.00. The molecule has 2 amide bonds. The summed E-state index contributed by atoms with van der Waals surface area (Å²) in [4.78, 5) is 21.7. The minimum Gasteiger partial charge on any atom is -0.370 e. The number of nitrogens with two attached hydrogens (primary N) is 1. The predicted octanol–water partition coefficient (Wildman–Crippen LogP) is 0.308. The first-order chi connectivity index (χ1) is 7.11. The molecule has 5 heteroatoms. The van der Waals surface area contributed by atoms with Gasteiger partial charge >= 0.3 is 0 Å². The van der Waals surface area contributed by atoms with E-state index < -0.39 is 5.92 Å². The Labute approximate surface area is 89.6 Å². The van der Waals surface area contributed by atoms with Gasteiger partial charge in [-0.2, -0.15) is 5.26 Å². The molecule has 5 nitrogen and oxygen atoms in total. The van der Waals surface area contributed by atoms with Crippen LogP contribution < -0.4 is 11.1 Å². The smallest absolute Gasteiger partial charge is 0.237 e. The summed E-state index contributed by atoms with van der Waals surface area (Å²) >= 11 is 0. The van der Waals surface area contributed by atoms with Crippen LogP contribution in [0.5, 0.6) is 0 Å². The summed E-state index contributed by atoms with van der Waals surface area (Å²) in [5, 5.41) is 11.2. The number of rotatable bonds is 7. The minimum atomic E-state index is -0.568. The molecule has 0 aliphatic heterocycles. The Hall–Kier alpha value is -1.57. The summed E-state index contributed by atoms with van der Waals surface area (Å²) < 4.78 is 0. The van der Waals surface area contributed by atoms with E-state index in [-0.39, 0.29) is 11.8 Å². The van der Waals surface area contributed by atoms with E-state index in [1.807, 2.05) is 6.07 Å². The van der Waals surface area contributed by atoms with Crippen LogP contribution in [0.4, 0.5) is 0 Å². The molecule has 0 heterocycles. The van der Waals surface area contributed by atoms with Crippen molar-refractivity contribution < 1.29 is 9.59 Å². The maximum Gasteiger partial charge on any atom is 0.237 e. The predicted molar refractivity (Wildman–Crippen MR) is 55.4 cm³/mol. The van der Waals surface area contributed by atoms with Crippen LogP contribution in [-0.4, -0.2) is 18.4 Å². The second-order valence-corrected chi connectivity index (χ2v) is 3.30. The Bertz CT molecular complexity index is 258. The van der Waals surface area contributed by atoms with Gasteiger partial charge in [0.2, 0.25) is 11.8 Å². The monoisotopic (exact) mass is 211 g/mol. The third-order valence-electron chi connectivity index (χ3n) is 2.03. The Morgan fingerprint density at radius 3 is 2.60 bits per heavy atom. The molecule has 0 rings (SSSR count). The molecule has 0 bridgehead atoms. The van der Waals surface area contributed by atoms with Gasteiger partial charge in [-0.1, -0.05) is 6.92 Å². The second-order valence-electron chi connectivity index (χ2n) is 3.30. The number of primary amides is 1. The van der Waals surface area contributed by atoms with Gasteiger partial charge in [-0.3, -0.25) is 9.59 Å². The van der Waals surface area contributed by atoms with Crippen molar-refractivity contribution in [3.05, 3.63) is 0 Å². The van der Waals surface area contributed by atoms with Crippen molar-refractivity contribution in [2.45, 2.75) is 32.6 Å². The molecular weight excluding hydrogens is 194 g/mol. The van der Waals surface area contributed by atoms with Gasteiger partial charge in [-0.15, -0.1) is 0 Å². The molecule has 0 saturated heterocycles. The molecule has 0 aromatic carbocycles. The molecule has 3 N–H and O–H groups in total. The van der Waals surface area contributed by atoms with Gasteiger partial charge in [0.05, 0.1) is 6.07 Å². The Balaban J connectivity index is 3.55. The highest BCUT2D eigenvalue weighted by atomic mass is 16.2. The lowest BCUT2D eigenvalue weighted by Gasteiger charge is -2.07. The van der Waals surface area contributed by atoms with E-state index in [4.69, 9.17) is 11.0 Å². The van der Waals surface area contributed by atoms with Gasteiger partial charge in [0.25, 0.3) is 0 Å². The average molecular weight is 211 g/mol. The summed E-state index contributed by atoms with van der Waals surface area (Å²) in [5.41, 5.74) is 4.96. The van der Waals surface area contributed by atoms with Crippen LogP contribution >= 0.6 is 0 Å². The van der Waals surface area contributed by atoms with Gasteiger partial charge in [-0.25, -0.2) is 0 Å². The highest BCUT2D eigenvalue weighted by molar-refractivity contribution is 5.80. The zero-order valence-electron chi connectivity index (χ0n) is 8.95. The first kappa shape index (κ1) is 13.4. The Morgan fingerprint density at radius 1 is 1.47 bits per heavy atom. The van der Waals surface area contributed by atoms with Crippen LogP contribution in [0.2, 0.25) is 0 Å². The molecule has 0 aliphatic rings. The number of hydrogen-bond donors (Lipinski definition) is 2. The van der Waals surface area contributed by atoms with E-state index in [0.717, 1.165) is 0 Å². The molecule has 0 radical (unpaired) electrons. The quantitative estimate of drug-likeness (QED) is 0.593. The number of nitrogens with zero attached hydrogens (tertiary/aromatic N) is 1. The number of amides is 2.